The summed E-state index contributed by atoms with van der Waals surface area (Å²) in [6, 6.07) is 15.7. The molecule has 0 heterocycles. The summed E-state index contributed by atoms with van der Waals surface area (Å²) in [5, 5.41) is 6.89. The molecule has 2 N–H and O–H groups in total. The molecular formula is C19H22N2O2S. The molecule has 0 fully saturated rings. The van der Waals surface area contributed by atoms with Gasteiger partial charge in [0, 0.05) is 12.2 Å². The third-order valence-corrected chi connectivity index (χ3v) is 3.92. The Morgan fingerprint density at radius 1 is 1.17 bits per heavy atom. The lowest BCUT2D eigenvalue weighted by atomic mass is 10.1. The fourth-order valence-corrected chi connectivity index (χ4v) is 2.52. The molecule has 0 aliphatic heterocycles. The van der Waals surface area contributed by atoms with Crippen molar-refractivity contribution in [1.29, 1.82) is 0 Å². The van der Waals surface area contributed by atoms with Crippen molar-refractivity contribution in [3.8, 4) is 0 Å². The highest BCUT2D eigenvalue weighted by Gasteiger charge is 2.08. The lowest BCUT2D eigenvalue weighted by Gasteiger charge is -2.13. The number of esters is 1. The summed E-state index contributed by atoms with van der Waals surface area (Å²) in [6.07, 6.45) is 2.00. The normalized spacial score (nSPS) is 10.1. The molecule has 5 heteroatoms. The molecule has 0 bridgehead atoms. The van der Waals surface area contributed by atoms with E-state index in [2.05, 4.69) is 22.8 Å². The predicted molar refractivity (Wildman–Crippen MR) is 102 cm³/mol. The van der Waals surface area contributed by atoms with Crippen molar-refractivity contribution in [1.82, 2.24) is 5.32 Å². The number of aryl methyl sites for hydroxylation is 2. The second-order valence-electron chi connectivity index (χ2n) is 5.49. The molecule has 0 atom stereocenters. The molecule has 2 rings (SSSR count). The van der Waals surface area contributed by atoms with Gasteiger partial charge in [0.15, 0.2) is 5.11 Å². The van der Waals surface area contributed by atoms with Crippen LogP contribution in [0.25, 0.3) is 0 Å². The van der Waals surface area contributed by atoms with Gasteiger partial charge in [0.2, 0.25) is 0 Å². The van der Waals surface area contributed by atoms with Crippen LogP contribution in [0.1, 0.15) is 27.9 Å². The van der Waals surface area contributed by atoms with E-state index in [1.165, 1.54) is 12.7 Å². The van der Waals surface area contributed by atoms with E-state index in [0.717, 1.165) is 30.6 Å². The van der Waals surface area contributed by atoms with Crippen LogP contribution in [-0.4, -0.2) is 24.7 Å². The van der Waals surface area contributed by atoms with Crippen LogP contribution in [0.2, 0.25) is 0 Å². The van der Waals surface area contributed by atoms with Crippen LogP contribution in [0.15, 0.2) is 48.5 Å². The minimum atomic E-state index is -0.361. The van der Waals surface area contributed by atoms with Gasteiger partial charge in [-0.2, -0.15) is 0 Å². The number of nitrogens with one attached hydrogen (secondary N) is 2. The fourth-order valence-electron chi connectivity index (χ4n) is 2.31. The third-order valence-electron chi connectivity index (χ3n) is 3.68. The van der Waals surface area contributed by atoms with E-state index < -0.39 is 0 Å². The molecule has 2 aromatic rings. The minimum Gasteiger partial charge on any atom is -0.465 e. The van der Waals surface area contributed by atoms with Crippen molar-refractivity contribution in [2.24, 2.45) is 0 Å². The molecule has 0 aromatic heterocycles. The molecule has 0 spiro atoms. The lowest BCUT2D eigenvalue weighted by Crippen LogP contribution is -2.29. The summed E-state index contributed by atoms with van der Waals surface area (Å²) in [5.41, 5.74) is 3.63. The molecule has 2 aromatic carbocycles. The third kappa shape index (κ3) is 5.35. The molecule has 24 heavy (non-hydrogen) atoms. The minimum absolute atomic E-state index is 0.361. The zero-order chi connectivity index (χ0) is 17.4. The van der Waals surface area contributed by atoms with Crippen LogP contribution in [0.5, 0.6) is 0 Å². The van der Waals surface area contributed by atoms with E-state index in [9.17, 15) is 4.79 Å². The standard InChI is InChI=1S/C19H22N2O2S/c1-14-10-11-16(18(22)23-2)13-17(14)21-19(24)20-12-6-9-15-7-4-3-5-8-15/h3-5,7-8,10-11,13H,6,9,12H2,1-2H3,(H2,20,21,24). The van der Waals surface area contributed by atoms with Crippen LogP contribution >= 0.6 is 12.2 Å². The molecule has 0 saturated heterocycles. The van der Waals surface area contributed by atoms with Gasteiger partial charge in [0.1, 0.15) is 0 Å². The quantitative estimate of drug-likeness (QED) is 0.476. The summed E-state index contributed by atoms with van der Waals surface area (Å²) >= 11 is 5.32. The maximum absolute atomic E-state index is 11.6. The Balaban J connectivity index is 1.82. The fraction of sp³-hybridized carbons (Fsp3) is 0.263. The van der Waals surface area contributed by atoms with Gasteiger partial charge in [-0.05, 0) is 55.2 Å². The Kier molecular flexibility index (Phi) is 6.75. The number of hydrogen-bond acceptors (Lipinski definition) is 3. The van der Waals surface area contributed by atoms with Crippen molar-refractivity contribution < 1.29 is 9.53 Å². The van der Waals surface area contributed by atoms with Crippen LogP contribution < -0.4 is 10.6 Å². The first-order chi connectivity index (χ1) is 11.6. The van der Waals surface area contributed by atoms with Gasteiger partial charge in [0.25, 0.3) is 0 Å². The van der Waals surface area contributed by atoms with E-state index in [4.69, 9.17) is 17.0 Å². The number of carbonyl (C=O) groups is 1. The number of carbonyl (C=O) groups excluding carboxylic acids is 1. The maximum Gasteiger partial charge on any atom is 0.337 e. The number of thiocarbonyl (C=S) groups is 1. The molecule has 0 unspecified atom stereocenters. The van der Waals surface area contributed by atoms with Gasteiger partial charge >= 0.3 is 5.97 Å². The van der Waals surface area contributed by atoms with E-state index in [0.29, 0.717) is 10.7 Å². The van der Waals surface area contributed by atoms with E-state index in [1.807, 2.05) is 31.2 Å². The molecule has 126 valence electrons. The average molecular weight is 342 g/mol. The molecule has 0 aliphatic rings. The summed E-state index contributed by atoms with van der Waals surface area (Å²) in [6.45, 7) is 2.75. The second kappa shape index (κ2) is 9.03. The number of ether oxygens (including phenoxy) is 1. The van der Waals surface area contributed by atoms with E-state index >= 15 is 0 Å². The average Bonchev–Trinajstić information content (AvgIpc) is 2.61. The molecule has 0 radical (unpaired) electrons. The summed E-state index contributed by atoms with van der Waals surface area (Å²) in [5.74, 6) is -0.361. The Hall–Kier alpha value is -2.40. The van der Waals surface area contributed by atoms with Gasteiger partial charge in [-0.25, -0.2) is 4.79 Å². The predicted octanol–water partition coefficient (Wildman–Crippen LogP) is 3.70. The van der Waals surface area contributed by atoms with E-state index in [-0.39, 0.29) is 5.97 Å². The Labute approximate surface area is 148 Å². The summed E-state index contributed by atoms with van der Waals surface area (Å²) < 4.78 is 4.74. The Bertz CT molecular complexity index is 702. The zero-order valence-corrected chi connectivity index (χ0v) is 14.8. The first-order valence-electron chi connectivity index (χ1n) is 7.88. The molecule has 0 amide bonds. The Morgan fingerprint density at radius 2 is 1.92 bits per heavy atom. The highest BCUT2D eigenvalue weighted by atomic mass is 32.1. The zero-order valence-electron chi connectivity index (χ0n) is 14.0. The van der Waals surface area contributed by atoms with Crippen molar-refractivity contribution in [2.75, 3.05) is 19.0 Å². The van der Waals surface area contributed by atoms with Gasteiger partial charge in [-0.15, -0.1) is 0 Å². The van der Waals surface area contributed by atoms with Gasteiger partial charge < -0.3 is 15.4 Å². The highest BCUT2D eigenvalue weighted by molar-refractivity contribution is 7.80. The number of hydrogen-bond donors (Lipinski definition) is 2. The number of anilines is 1. The van der Waals surface area contributed by atoms with Crippen molar-refractivity contribution in [2.45, 2.75) is 19.8 Å². The first-order valence-corrected chi connectivity index (χ1v) is 8.28. The first kappa shape index (κ1) is 17.9. The second-order valence-corrected chi connectivity index (χ2v) is 5.90. The Morgan fingerprint density at radius 3 is 2.62 bits per heavy atom. The number of methoxy groups -OCH3 is 1. The smallest absolute Gasteiger partial charge is 0.337 e. The number of rotatable bonds is 6. The molecular weight excluding hydrogens is 320 g/mol. The highest BCUT2D eigenvalue weighted by Crippen LogP contribution is 2.17. The topological polar surface area (TPSA) is 50.4 Å². The number of benzene rings is 2. The van der Waals surface area contributed by atoms with Crippen LogP contribution in [-0.2, 0) is 11.2 Å². The van der Waals surface area contributed by atoms with Crippen LogP contribution in [0, 0.1) is 6.92 Å². The maximum atomic E-state index is 11.6. The van der Waals surface area contributed by atoms with Crippen LogP contribution in [0.4, 0.5) is 5.69 Å². The van der Waals surface area contributed by atoms with Crippen LogP contribution in [0.3, 0.4) is 0 Å². The van der Waals surface area contributed by atoms with Gasteiger partial charge in [-0.3, -0.25) is 0 Å². The largest absolute Gasteiger partial charge is 0.465 e. The van der Waals surface area contributed by atoms with Crippen molar-refractivity contribution in [3.63, 3.8) is 0 Å². The summed E-state index contributed by atoms with van der Waals surface area (Å²) in [7, 11) is 1.37. The van der Waals surface area contributed by atoms with E-state index in [1.54, 1.807) is 12.1 Å². The van der Waals surface area contributed by atoms with Gasteiger partial charge in [0.05, 0.1) is 12.7 Å². The molecule has 0 saturated carbocycles. The summed E-state index contributed by atoms with van der Waals surface area (Å²) in [4.78, 5) is 11.6. The molecule has 4 nitrogen and oxygen atoms in total. The molecule has 0 aliphatic carbocycles. The SMILES string of the molecule is COC(=O)c1ccc(C)c(NC(=S)NCCCc2ccccc2)c1. The monoisotopic (exact) mass is 342 g/mol. The van der Waals surface area contributed by atoms with Crippen molar-refractivity contribution in [3.05, 3.63) is 65.2 Å². The lowest BCUT2D eigenvalue weighted by molar-refractivity contribution is 0.0601. The van der Waals surface area contributed by atoms with Gasteiger partial charge in [-0.1, -0.05) is 36.4 Å². The van der Waals surface area contributed by atoms with Crippen molar-refractivity contribution >= 4 is 29.0 Å².